The summed E-state index contributed by atoms with van der Waals surface area (Å²) < 4.78 is 2.33. The molecule has 0 fully saturated rings. The molecule has 5 heteroatoms. The van der Waals surface area contributed by atoms with Gasteiger partial charge in [0.1, 0.15) is 5.69 Å². The number of pyridine rings is 2. The van der Waals surface area contributed by atoms with Crippen molar-refractivity contribution < 1.29 is 0 Å². The number of aromatic nitrogens is 5. The molecule has 8 aromatic rings. The molecule has 5 nitrogen and oxygen atoms in total. The molecule has 43 heavy (non-hydrogen) atoms. The van der Waals surface area contributed by atoms with Gasteiger partial charge in [-0.1, -0.05) is 97.1 Å². The van der Waals surface area contributed by atoms with E-state index < -0.39 is 0 Å². The van der Waals surface area contributed by atoms with E-state index in [1.54, 1.807) is 12.4 Å². The molecular formula is C38H25N5. The number of fused-ring (bicyclic) bond motifs is 3. The molecule has 0 saturated heterocycles. The fraction of sp³-hybridized carbons (Fsp3) is 0. The molecule has 0 spiro atoms. The SMILES string of the molecule is c1ccc(-c2cc3c4ccccc4n(-c4cccc(-c5ccnc(-c6ccccn6)n5)c4)c3c(-c3ccccc3)n2)cc1. The van der Waals surface area contributed by atoms with Gasteiger partial charge in [0.2, 0.25) is 0 Å². The zero-order valence-electron chi connectivity index (χ0n) is 23.2. The van der Waals surface area contributed by atoms with Gasteiger partial charge in [-0.25, -0.2) is 15.0 Å². The molecule has 0 saturated carbocycles. The number of rotatable bonds is 5. The Morgan fingerprint density at radius 3 is 2.00 bits per heavy atom. The molecule has 0 amide bonds. The summed E-state index contributed by atoms with van der Waals surface area (Å²) in [6.45, 7) is 0. The smallest absolute Gasteiger partial charge is 0.178 e. The molecule has 0 radical (unpaired) electrons. The molecule has 0 N–H and O–H groups in total. The van der Waals surface area contributed by atoms with E-state index in [1.165, 1.54) is 5.39 Å². The van der Waals surface area contributed by atoms with Crippen molar-refractivity contribution in [2.75, 3.05) is 0 Å². The van der Waals surface area contributed by atoms with Gasteiger partial charge in [0.25, 0.3) is 0 Å². The van der Waals surface area contributed by atoms with Crippen molar-refractivity contribution in [3.05, 3.63) is 152 Å². The minimum absolute atomic E-state index is 0.601. The van der Waals surface area contributed by atoms with Gasteiger partial charge < -0.3 is 4.57 Å². The lowest BCUT2D eigenvalue weighted by Gasteiger charge is -2.14. The lowest BCUT2D eigenvalue weighted by molar-refractivity contribution is 1.14. The summed E-state index contributed by atoms with van der Waals surface area (Å²) in [6, 6.07) is 47.9. The van der Waals surface area contributed by atoms with Crippen LogP contribution in [0, 0.1) is 0 Å². The van der Waals surface area contributed by atoms with Crippen LogP contribution in [0.25, 0.3) is 72.8 Å². The number of nitrogens with zero attached hydrogens (tertiary/aromatic N) is 5. The Morgan fingerprint density at radius 1 is 0.442 bits per heavy atom. The van der Waals surface area contributed by atoms with Crippen molar-refractivity contribution in [3.8, 4) is 51.0 Å². The largest absolute Gasteiger partial charge is 0.307 e. The van der Waals surface area contributed by atoms with Gasteiger partial charge in [-0.2, -0.15) is 0 Å². The predicted octanol–water partition coefficient (Wildman–Crippen LogP) is 9.03. The van der Waals surface area contributed by atoms with Gasteiger partial charge in [-0.05, 0) is 42.5 Å². The first-order chi connectivity index (χ1) is 21.3. The zero-order chi connectivity index (χ0) is 28.6. The Kier molecular flexibility index (Phi) is 6.05. The highest BCUT2D eigenvalue weighted by atomic mass is 15.0. The molecule has 4 aromatic heterocycles. The predicted molar refractivity (Wildman–Crippen MR) is 174 cm³/mol. The summed E-state index contributed by atoms with van der Waals surface area (Å²) in [5.41, 5.74) is 9.86. The lowest BCUT2D eigenvalue weighted by atomic mass is 10.0. The fourth-order valence-electron chi connectivity index (χ4n) is 5.75. The summed E-state index contributed by atoms with van der Waals surface area (Å²) in [4.78, 5) is 19.1. The molecule has 0 unspecified atom stereocenters. The highest BCUT2D eigenvalue weighted by Gasteiger charge is 2.20. The minimum atomic E-state index is 0.601. The van der Waals surface area contributed by atoms with Gasteiger partial charge in [-0.15, -0.1) is 0 Å². The Hall–Kier alpha value is -5.94. The molecule has 0 aliphatic carbocycles. The van der Waals surface area contributed by atoms with Crippen molar-refractivity contribution in [3.63, 3.8) is 0 Å². The summed E-state index contributed by atoms with van der Waals surface area (Å²) in [5.74, 6) is 0.601. The monoisotopic (exact) mass is 551 g/mol. The third-order valence-corrected chi connectivity index (χ3v) is 7.72. The van der Waals surface area contributed by atoms with Crippen LogP contribution in [0.3, 0.4) is 0 Å². The van der Waals surface area contributed by atoms with Crippen LogP contribution < -0.4 is 0 Å². The minimum Gasteiger partial charge on any atom is -0.307 e. The number of benzene rings is 4. The summed E-state index contributed by atoms with van der Waals surface area (Å²) in [5, 5.41) is 2.34. The molecule has 202 valence electrons. The maximum absolute atomic E-state index is 5.30. The second kappa shape index (κ2) is 10.5. The van der Waals surface area contributed by atoms with Gasteiger partial charge in [0.15, 0.2) is 5.82 Å². The van der Waals surface area contributed by atoms with E-state index in [2.05, 4.69) is 118 Å². The third kappa shape index (κ3) is 4.44. The first-order valence-corrected chi connectivity index (χ1v) is 14.2. The quantitative estimate of drug-likeness (QED) is 0.214. The maximum atomic E-state index is 5.30. The maximum Gasteiger partial charge on any atom is 0.178 e. The molecule has 0 bridgehead atoms. The van der Waals surface area contributed by atoms with E-state index in [0.29, 0.717) is 5.82 Å². The van der Waals surface area contributed by atoms with Crippen LogP contribution in [0.4, 0.5) is 0 Å². The van der Waals surface area contributed by atoms with Gasteiger partial charge in [0, 0.05) is 45.5 Å². The Balaban J connectivity index is 1.38. The van der Waals surface area contributed by atoms with Crippen molar-refractivity contribution >= 4 is 21.8 Å². The Morgan fingerprint density at radius 2 is 1.19 bits per heavy atom. The van der Waals surface area contributed by atoms with Crippen LogP contribution >= 0.6 is 0 Å². The van der Waals surface area contributed by atoms with Crippen molar-refractivity contribution in [1.29, 1.82) is 0 Å². The van der Waals surface area contributed by atoms with Crippen LogP contribution in [-0.2, 0) is 0 Å². The topological polar surface area (TPSA) is 56.5 Å². The van der Waals surface area contributed by atoms with Crippen molar-refractivity contribution in [1.82, 2.24) is 24.5 Å². The van der Waals surface area contributed by atoms with Crippen LogP contribution in [0.15, 0.2) is 152 Å². The molecule has 4 aromatic carbocycles. The first kappa shape index (κ1) is 24.8. The Bertz CT molecular complexity index is 2220. The zero-order valence-corrected chi connectivity index (χ0v) is 23.2. The number of hydrogen-bond donors (Lipinski definition) is 0. The number of hydrogen-bond acceptors (Lipinski definition) is 4. The van der Waals surface area contributed by atoms with Crippen LogP contribution in [-0.4, -0.2) is 24.5 Å². The van der Waals surface area contributed by atoms with E-state index in [1.807, 2.05) is 36.4 Å². The van der Waals surface area contributed by atoms with Gasteiger partial charge >= 0.3 is 0 Å². The second-order valence-corrected chi connectivity index (χ2v) is 10.4. The first-order valence-electron chi connectivity index (χ1n) is 14.2. The van der Waals surface area contributed by atoms with Gasteiger partial charge in [-0.3, -0.25) is 4.98 Å². The van der Waals surface area contributed by atoms with E-state index in [4.69, 9.17) is 9.97 Å². The lowest BCUT2D eigenvalue weighted by Crippen LogP contribution is -1.99. The summed E-state index contributed by atoms with van der Waals surface area (Å²) in [6.07, 6.45) is 3.55. The molecule has 0 aliphatic heterocycles. The van der Waals surface area contributed by atoms with E-state index in [0.717, 1.165) is 61.6 Å². The Labute approximate surface area is 248 Å². The van der Waals surface area contributed by atoms with Crippen LogP contribution in [0.2, 0.25) is 0 Å². The van der Waals surface area contributed by atoms with Gasteiger partial charge in [0.05, 0.1) is 28.1 Å². The third-order valence-electron chi connectivity index (χ3n) is 7.72. The van der Waals surface area contributed by atoms with Crippen LogP contribution in [0.1, 0.15) is 0 Å². The van der Waals surface area contributed by atoms with Crippen LogP contribution in [0.5, 0.6) is 0 Å². The summed E-state index contributed by atoms with van der Waals surface area (Å²) in [7, 11) is 0. The van der Waals surface area contributed by atoms with E-state index in [9.17, 15) is 0 Å². The highest BCUT2D eigenvalue weighted by molar-refractivity contribution is 6.14. The second-order valence-electron chi connectivity index (χ2n) is 10.4. The summed E-state index contributed by atoms with van der Waals surface area (Å²) >= 11 is 0. The molecule has 4 heterocycles. The normalized spacial score (nSPS) is 11.3. The molecule has 8 rings (SSSR count). The average Bonchev–Trinajstić information content (AvgIpc) is 3.43. The molecular weight excluding hydrogens is 526 g/mol. The highest BCUT2D eigenvalue weighted by Crippen LogP contribution is 2.39. The van der Waals surface area contributed by atoms with Crippen molar-refractivity contribution in [2.45, 2.75) is 0 Å². The fourth-order valence-corrected chi connectivity index (χ4v) is 5.75. The standard InChI is InChI=1S/C38H25N5/c1-3-12-26(13-4-1)34-25-31-30-18-7-8-20-35(30)43(37(31)36(41-34)27-14-5-2-6-15-27)29-17-11-16-28(24-29)32-21-23-40-38(42-32)33-19-9-10-22-39-33/h1-25H. The molecule has 0 atom stereocenters. The molecule has 0 aliphatic rings. The number of para-hydroxylation sites is 1. The van der Waals surface area contributed by atoms with E-state index in [-0.39, 0.29) is 0 Å². The van der Waals surface area contributed by atoms with Crippen molar-refractivity contribution in [2.24, 2.45) is 0 Å². The average molecular weight is 552 g/mol. The van der Waals surface area contributed by atoms with E-state index >= 15 is 0 Å².